The van der Waals surface area contributed by atoms with Crippen LogP contribution in [0, 0.1) is 0 Å². The van der Waals surface area contributed by atoms with Gasteiger partial charge < -0.3 is 20.2 Å². The highest BCUT2D eigenvalue weighted by atomic mass is 35.5. The fourth-order valence-corrected chi connectivity index (χ4v) is 3.31. The Labute approximate surface area is 174 Å². The lowest BCUT2D eigenvalue weighted by Crippen LogP contribution is -2.35. The van der Waals surface area contributed by atoms with Gasteiger partial charge in [0.05, 0.1) is 12.6 Å². The first-order valence-electron chi connectivity index (χ1n) is 9.22. The first-order chi connectivity index (χ1) is 13.9. The molecule has 29 heavy (non-hydrogen) atoms. The lowest BCUT2D eigenvalue weighted by Gasteiger charge is -2.23. The second kappa shape index (κ2) is 9.45. The summed E-state index contributed by atoms with van der Waals surface area (Å²) in [5.74, 6) is 0.210. The Hall–Kier alpha value is -3.02. The number of carbonyl (C=O) groups is 1. The van der Waals surface area contributed by atoms with Crippen molar-refractivity contribution in [2.75, 3.05) is 13.1 Å². The van der Waals surface area contributed by atoms with Crippen molar-refractivity contribution in [3.63, 3.8) is 0 Å². The second-order valence-electron chi connectivity index (χ2n) is 6.80. The van der Waals surface area contributed by atoms with Crippen molar-refractivity contribution in [2.24, 2.45) is 0 Å². The number of aromatic hydroxyl groups is 1. The van der Waals surface area contributed by atoms with Gasteiger partial charge in [0.15, 0.2) is 0 Å². The smallest absolute Gasteiger partial charge is 0.407 e. The molecule has 5 nitrogen and oxygen atoms in total. The SMILES string of the molecule is O=C(O)N(CCc1ccc(-c2cccc(O)c2)cc1)C[C@H](O)c1cccc(Cl)c1. The highest BCUT2D eigenvalue weighted by Gasteiger charge is 2.18. The molecule has 0 saturated heterocycles. The van der Waals surface area contributed by atoms with Gasteiger partial charge in [-0.15, -0.1) is 0 Å². The molecular weight excluding hydrogens is 390 g/mol. The summed E-state index contributed by atoms with van der Waals surface area (Å²) in [6.45, 7) is 0.232. The van der Waals surface area contributed by atoms with Gasteiger partial charge >= 0.3 is 6.09 Å². The summed E-state index contributed by atoms with van der Waals surface area (Å²) < 4.78 is 0. The molecule has 0 saturated carbocycles. The molecule has 0 bridgehead atoms. The Kier molecular flexibility index (Phi) is 6.75. The van der Waals surface area contributed by atoms with Crippen LogP contribution in [0.25, 0.3) is 11.1 Å². The van der Waals surface area contributed by atoms with Crippen molar-refractivity contribution >= 4 is 17.7 Å². The predicted octanol–water partition coefficient (Wildman–Crippen LogP) is 4.97. The molecule has 3 N–H and O–H groups in total. The summed E-state index contributed by atoms with van der Waals surface area (Å²) in [7, 11) is 0. The van der Waals surface area contributed by atoms with Crippen LogP contribution in [0.4, 0.5) is 4.79 Å². The minimum Gasteiger partial charge on any atom is -0.508 e. The number of rotatable bonds is 7. The Morgan fingerprint density at radius 2 is 1.69 bits per heavy atom. The fourth-order valence-electron chi connectivity index (χ4n) is 3.11. The van der Waals surface area contributed by atoms with Crippen LogP contribution in [0.1, 0.15) is 17.2 Å². The summed E-state index contributed by atoms with van der Waals surface area (Å²) in [5, 5.41) is 30.0. The number of hydrogen-bond acceptors (Lipinski definition) is 3. The zero-order chi connectivity index (χ0) is 20.8. The molecule has 3 aromatic carbocycles. The Morgan fingerprint density at radius 1 is 0.966 bits per heavy atom. The van der Waals surface area contributed by atoms with E-state index in [1.165, 1.54) is 4.90 Å². The molecule has 0 aliphatic rings. The largest absolute Gasteiger partial charge is 0.508 e. The number of aliphatic hydroxyl groups is 1. The monoisotopic (exact) mass is 411 g/mol. The topological polar surface area (TPSA) is 81.0 Å². The van der Waals surface area contributed by atoms with Gasteiger partial charge in [0.2, 0.25) is 0 Å². The molecule has 0 radical (unpaired) electrons. The van der Waals surface area contributed by atoms with E-state index >= 15 is 0 Å². The third-order valence-electron chi connectivity index (χ3n) is 4.70. The number of amides is 1. The number of benzene rings is 3. The molecule has 0 heterocycles. The molecule has 6 heteroatoms. The molecule has 150 valence electrons. The van der Waals surface area contributed by atoms with E-state index < -0.39 is 12.2 Å². The number of halogens is 1. The van der Waals surface area contributed by atoms with Gasteiger partial charge in [-0.2, -0.15) is 0 Å². The van der Waals surface area contributed by atoms with Crippen LogP contribution in [-0.4, -0.2) is 39.4 Å². The molecule has 0 fully saturated rings. The van der Waals surface area contributed by atoms with Crippen molar-refractivity contribution in [3.05, 3.63) is 88.9 Å². The van der Waals surface area contributed by atoms with Gasteiger partial charge in [-0.3, -0.25) is 0 Å². The first kappa shape index (κ1) is 20.7. The second-order valence-corrected chi connectivity index (χ2v) is 7.23. The summed E-state index contributed by atoms with van der Waals surface area (Å²) in [4.78, 5) is 12.8. The number of phenols is 1. The van der Waals surface area contributed by atoms with Crippen LogP contribution in [0.5, 0.6) is 5.75 Å². The third kappa shape index (κ3) is 5.73. The van der Waals surface area contributed by atoms with Gasteiger partial charge in [0.25, 0.3) is 0 Å². The lowest BCUT2D eigenvalue weighted by atomic mass is 10.0. The average Bonchev–Trinajstić information content (AvgIpc) is 2.71. The quantitative estimate of drug-likeness (QED) is 0.512. The summed E-state index contributed by atoms with van der Waals surface area (Å²) in [6, 6.07) is 21.5. The molecule has 0 aliphatic carbocycles. The van der Waals surface area contributed by atoms with E-state index in [-0.39, 0.29) is 18.8 Å². The third-order valence-corrected chi connectivity index (χ3v) is 4.94. The van der Waals surface area contributed by atoms with E-state index in [4.69, 9.17) is 11.6 Å². The zero-order valence-corrected chi connectivity index (χ0v) is 16.5. The highest BCUT2D eigenvalue weighted by Crippen LogP contribution is 2.24. The molecule has 0 aliphatic heterocycles. The van der Waals surface area contributed by atoms with Gasteiger partial charge in [-0.05, 0) is 52.9 Å². The number of carboxylic acid groups (broad SMARTS) is 1. The fraction of sp³-hybridized carbons (Fsp3) is 0.174. The Balaban J connectivity index is 1.62. The summed E-state index contributed by atoms with van der Waals surface area (Å²) in [6.07, 6.45) is -1.50. The number of phenolic OH excluding ortho intramolecular Hbond substituents is 1. The van der Waals surface area contributed by atoms with Gasteiger partial charge in [-0.1, -0.05) is 60.1 Å². The normalized spacial score (nSPS) is 11.8. The molecule has 0 unspecified atom stereocenters. The number of nitrogens with zero attached hydrogens (tertiary/aromatic N) is 1. The minimum atomic E-state index is -1.08. The van der Waals surface area contributed by atoms with E-state index in [2.05, 4.69) is 0 Å². The summed E-state index contributed by atoms with van der Waals surface area (Å²) >= 11 is 5.94. The maximum Gasteiger partial charge on any atom is 0.407 e. The molecule has 0 aromatic heterocycles. The summed E-state index contributed by atoms with van der Waals surface area (Å²) in [5.41, 5.74) is 3.45. The molecule has 1 amide bonds. The highest BCUT2D eigenvalue weighted by molar-refractivity contribution is 6.30. The van der Waals surface area contributed by atoms with Crippen molar-refractivity contribution in [2.45, 2.75) is 12.5 Å². The first-order valence-corrected chi connectivity index (χ1v) is 9.60. The van der Waals surface area contributed by atoms with Crippen molar-refractivity contribution in [1.82, 2.24) is 4.90 Å². The van der Waals surface area contributed by atoms with E-state index in [1.54, 1.807) is 42.5 Å². The average molecular weight is 412 g/mol. The number of hydrogen-bond donors (Lipinski definition) is 3. The minimum absolute atomic E-state index is 0.0307. The number of aliphatic hydroxyl groups excluding tert-OH is 1. The van der Waals surface area contributed by atoms with Gasteiger partial charge in [0, 0.05) is 11.6 Å². The Bertz CT molecular complexity index is 975. The van der Waals surface area contributed by atoms with Crippen molar-refractivity contribution in [1.29, 1.82) is 0 Å². The van der Waals surface area contributed by atoms with E-state index in [1.807, 2.05) is 30.3 Å². The maximum absolute atomic E-state index is 11.6. The van der Waals surface area contributed by atoms with Crippen LogP contribution in [-0.2, 0) is 6.42 Å². The van der Waals surface area contributed by atoms with Crippen LogP contribution >= 0.6 is 11.6 Å². The van der Waals surface area contributed by atoms with Crippen LogP contribution in [0.3, 0.4) is 0 Å². The molecule has 3 aromatic rings. The lowest BCUT2D eigenvalue weighted by molar-refractivity contribution is 0.0973. The van der Waals surface area contributed by atoms with Gasteiger partial charge in [-0.25, -0.2) is 4.79 Å². The van der Waals surface area contributed by atoms with E-state index in [0.29, 0.717) is 17.0 Å². The predicted molar refractivity (Wildman–Crippen MR) is 113 cm³/mol. The van der Waals surface area contributed by atoms with Crippen molar-refractivity contribution < 1.29 is 20.1 Å². The Morgan fingerprint density at radius 3 is 2.34 bits per heavy atom. The van der Waals surface area contributed by atoms with E-state index in [9.17, 15) is 20.1 Å². The molecule has 0 spiro atoms. The molecule has 1 atom stereocenters. The molecule has 3 rings (SSSR count). The molecular formula is C23H22ClNO4. The van der Waals surface area contributed by atoms with Crippen LogP contribution in [0.2, 0.25) is 5.02 Å². The standard InChI is InChI=1S/C23H22ClNO4/c24-20-5-1-4-19(13-20)22(27)15-25(23(28)29)12-11-16-7-9-17(10-8-16)18-3-2-6-21(26)14-18/h1-10,13-14,22,26-27H,11-12,15H2,(H,28,29)/t22-/m0/s1. The van der Waals surface area contributed by atoms with Crippen LogP contribution in [0.15, 0.2) is 72.8 Å². The van der Waals surface area contributed by atoms with Crippen molar-refractivity contribution in [3.8, 4) is 16.9 Å². The maximum atomic E-state index is 11.6. The van der Waals surface area contributed by atoms with Gasteiger partial charge in [0.1, 0.15) is 5.75 Å². The van der Waals surface area contributed by atoms with Crippen LogP contribution < -0.4 is 0 Å². The zero-order valence-electron chi connectivity index (χ0n) is 15.7. The van der Waals surface area contributed by atoms with E-state index in [0.717, 1.165) is 16.7 Å².